The molecule has 6 aromatic rings. The van der Waals surface area contributed by atoms with Crippen molar-refractivity contribution in [3.8, 4) is 5.69 Å². The molecule has 0 bridgehead atoms. The number of anilines is 3. The van der Waals surface area contributed by atoms with E-state index in [0.29, 0.717) is 0 Å². The zero-order valence-electron chi connectivity index (χ0n) is 22.5. The van der Waals surface area contributed by atoms with Crippen LogP contribution in [-0.4, -0.2) is 11.3 Å². The Morgan fingerprint density at radius 1 is 0.625 bits per heavy atom. The minimum atomic E-state index is 0.0252. The molecule has 190 valence electrons. The molecule has 0 amide bonds. The van der Waals surface area contributed by atoms with Crippen molar-refractivity contribution in [3.63, 3.8) is 0 Å². The Hall–Kier alpha value is -5.02. The number of benzene rings is 5. The van der Waals surface area contributed by atoms with Crippen molar-refractivity contribution in [2.75, 3.05) is 4.90 Å². The molecule has 0 spiro atoms. The fourth-order valence-electron chi connectivity index (χ4n) is 6.36. The van der Waals surface area contributed by atoms with Crippen molar-refractivity contribution in [1.82, 2.24) is 4.57 Å². The monoisotopic (exact) mass is 512 g/mol. The Morgan fingerprint density at radius 2 is 1.23 bits per heavy atom. The van der Waals surface area contributed by atoms with Crippen LogP contribution in [0.5, 0.6) is 0 Å². The third kappa shape index (κ3) is 3.66. The Labute approximate surface area is 236 Å². The molecular formula is C37H29BN2. The number of fused-ring (bicyclic) bond motifs is 3. The number of aromatic nitrogens is 1. The zero-order chi connectivity index (χ0) is 27.1. The van der Waals surface area contributed by atoms with E-state index >= 15 is 0 Å². The molecule has 2 nitrogen and oxygen atoms in total. The molecule has 0 saturated heterocycles. The van der Waals surface area contributed by atoms with Crippen LogP contribution in [0.4, 0.5) is 17.1 Å². The molecule has 0 N–H and O–H groups in total. The topological polar surface area (TPSA) is 8.17 Å². The average molecular weight is 512 g/mol. The van der Waals surface area contributed by atoms with Crippen LogP contribution in [0.2, 0.25) is 0 Å². The highest BCUT2D eigenvalue weighted by atomic mass is 15.2. The summed E-state index contributed by atoms with van der Waals surface area (Å²) in [5.41, 5.74) is 11.9. The van der Waals surface area contributed by atoms with Crippen molar-refractivity contribution in [2.24, 2.45) is 0 Å². The molecule has 1 aliphatic heterocycles. The molecule has 0 aliphatic carbocycles. The Bertz CT molecular complexity index is 1880. The highest BCUT2D eigenvalue weighted by Crippen LogP contribution is 2.43. The number of nitrogens with zero attached hydrogens (tertiary/aromatic N) is 2. The van der Waals surface area contributed by atoms with E-state index in [1.165, 1.54) is 38.7 Å². The molecule has 2 heterocycles. The first-order valence-electron chi connectivity index (χ1n) is 13.8. The van der Waals surface area contributed by atoms with Crippen LogP contribution in [0.25, 0.3) is 28.7 Å². The second kappa shape index (κ2) is 9.94. The smallest absolute Gasteiger partial charge is 0.246 e. The summed E-state index contributed by atoms with van der Waals surface area (Å²) in [7, 11) is 0. The quantitative estimate of drug-likeness (QED) is 0.221. The van der Waals surface area contributed by atoms with E-state index in [1.807, 2.05) is 6.08 Å². The number of rotatable bonds is 4. The predicted molar refractivity (Wildman–Crippen MR) is 174 cm³/mol. The summed E-state index contributed by atoms with van der Waals surface area (Å²) in [6.07, 6.45) is 6.34. The molecule has 40 heavy (non-hydrogen) atoms. The first kappa shape index (κ1) is 24.1. The predicted octanol–water partition coefficient (Wildman–Crippen LogP) is 7.61. The van der Waals surface area contributed by atoms with Crippen molar-refractivity contribution in [2.45, 2.75) is 6.92 Å². The molecule has 5 aromatic carbocycles. The van der Waals surface area contributed by atoms with Crippen molar-refractivity contribution >= 4 is 63.2 Å². The average Bonchev–Trinajstić information content (AvgIpc) is 3.34. The van der Waals surface area contributed by atoms with Crippen LogP contribution >= 0.6 is 0 Å². The van der Waals surface area contributed by atoms with Crippen molar-refractivity contribution in [1.29, 1.82) is 0 Å². The SMILES string of the molecule is C=Cc1c(/C=C\C)n2c3c(cccc13)N(c1ccccc1)c1ccccc1B(c1ccccc1)c1ccccc1-2. The van der Waals surface area contributed by atoms with Gasteiger partial charge in [-0.15, -0.1) is 0 Å². The van der Waals surface area contributed by atoms with Gasteiger partial charge in [-0.2, -0.15) is 0 Å². The van der Waals surface area contributed by atoms with E-state index in [2.05, 4.69) is 163 Å². The van der Waals surface area contributed by atoms with Gasteiger partial charge in [-0.1, -0.05) is 121 Å². The van der Waals surface area contributed by atoms with E-state index in [4.69, 9.17) is 0 Å². The van der Waals surface area contributed by atoms with Gasteiger partial charge in [-0.05, 0) is 54.3 Å². The van der Waals surface area contributed by atoms with Gasteiger partial charge in [0.2, 0.25) is 6.71 Å². The van der Waals surface area contributed by atoms with Crippen molar-refractivity contribution < 1.29 is 0 Å². The fraction of sp³-hybridized carbons (Fsp3) is 0.0270. The van der Waals surface area contributed by atoms with Crippen LogP contribution in [0.1, 0.15) is 18.2 Å². The maximum Gasteiger partial charge on any atom is 0.246 e. The Morgan fingerprint density at radius 3 is 1.93 bits per heavy atom. The van der Waals surface area contributed by atoms with E-state index in [9.17, 15) is 0 Å². The van der Waals surface area contributed by atoms with Gasteiger partial charge in [0.25, 0.3) is 0 Å². The lowest BCUT2D eigenvalue weighted by Crippen LogP contribution is -2.54. The van der Waals surface area contributed by atoms with Crippen molar-refractivity contribution in [3.05, 3.63) is 151 Å². The minimum absolute atomic E-state index is 0.0252. The van der Waals surface area contributed by atoms with E-state index in [-0.39, 0.29) is 6.71 Å². The summed E-state index contributed by atoms with van der Waals surface area (Å²) in [6, 6.07) is 46.0. The largest absolute Gasteiger partial charge is 0.309 e. The van der Waals surface area contributed by atoms with Gasteiger partial charge >= 0.3 is 0 Å². The molecule has 1 aliphatic rings. The van der Waals surface area contributed by atoms with Gasteiger partial charge < -0.3 is 9.47 Å². The number of hydrogen-bond acceptors (Lipinski definition) is 1. The molecule has 0 atom stereocenters. The molecule has 3 heteroatoms. The normalized spacial score (nSPS) is 12.5. The van der Waals surface area contributed by atoms with Gasteiger partial charge in [-0.25, -0.2) is 0 Å². The number of allylic oxidation sites excluding steroid dienone is 1. The highest BCUT2D eigenvalue weighted by molar-refractivity contribution is 6.97. The van der Waals surface area contributed by atoms with Crippen LogP contribution in [0.15, 0.2) is 140 Å². The second-order valence-electron chi connectivity index (χ2n) is 10.1. The first-order chi connectivity index (χ1) is 19.8. The maximum absolute atomic E-state index is 4.26. The lowest BCUT2D eigenvalue weighted by atomic mass is 9.36. The summed E-state index contributed by atoms with van der Waals surface area (Å²) < 4.78 is 2.45. The molecule has 0 saturated carbocycles. The number of para-hydroxylation sites is 4. The molecule has 0 radical (unpaired) electrons. The summed E-state index contributed by atoms with van der Waals surface area (Å²) >= 11 is 0. The second-order valence-corrected chi connectivity index (χ2v) is 10.1. The van der Waals surface area contributed by atoms with Crippen LogP contribution in [0, 0.1) is 0 Å². The maximum atomic E-state index is 4.26. The number of hydrogen-bond donors (Lipinski definition) is 0. The lowest BCUT2D eigenvalue weighted by Gasteiger charge is -2.29. The van der Waals surface area contributed by atoms with Gasteiger partial charge in [0.05, 0.1) is 16.9 Å². The summed E-state index contributed by atoms with van der Waals surface area (Å²) in [4.78, 5) is 2.43. The third-order valence-electron chi connectivity index (χ3n) is 7.94. The van der Waals surface area contributed by atoms with E-state index in [1.54, 1.807) is 0 Å². The Kier molecular flexibility index (Phi) is 5.98. The van der Waals surface area contributed by atoms with Gasteiger partial charge in [0.1, 0.15) is 0 Å². The van der Waals surface area contributed by atoms with E-state index in [0.717, 1.165) is 22.6 Å². The Balaban J connectivity index is 1.74. The fourth-order valence-corrected chi connectivity index (χ4v) is 6.36. The molecule has 0 unspecified atom stereocenters. The van der Waals surface area contributed by atoms with E-state index < -0.39 is 0 Å². The van der Waals surface area contributed by atoms with Crippen LogP contribution in [-0.2, 0) is 0 Å². The molecular weight excluding hydrogens is 483 g/mol. The minimum Gasteiger partial charge on any atom is -0.309 e. The molecule has 7 rings (SSSR count). The van der Waals surface area contributed by atoms with Crippen LogP contribution < -0.4 is 21.3 Å². The summed E-state index contributed by atoms with van der Waals surface area (Å²) in [5.74, 6) is 0. The highest BCUT2D eigenvalue weighted by Gasteiger charge is 2.33. The first-order valence-corrected chi connectivity index (χ1v) is 13.8. The molecule has 1 aromatic heterocycles. The van der Waals surface area contributed by atoms with Gasteiger partial charge in [0, 0.05) is 28.0 Å². The third-order valence-corrected chi connectivity index (χ3v) is 7.94. The van der Waals surface area contributed by atoms with Gasteiger partial charge in [0.15, 0.2) is 0 Å². The summed E-state index contributed by atoms with van der Waals surface area (Å²) in [5, 5.41) is 1.19. The van der Waals surface area contributed by atoms with Gasteiger partial charge in [-0.3, -0.25) is 0 Å². The standard InChI is InChI=1S/C37H29BN2/c1-3-16-33-29(4-2)30-21-15-26-36-37(30)40(33)35-25-14-12-23-32(35)38(27-17-7-5-8-18-27)31-22-11-13-24-34(31)39(36)28-19-9-6-10-20-28/h3-26H,2H2,1H3/b16-3-. The molecule has 0 fully saturated rings. The zero-order valence-corrected chi connectivity index (χ0v) is 22.5. The lowest BCUT2D eigenvalue weighted by molar-refractivity contribution is 1.11. The van der Waals surface area contributed by atoms with Crippen LogP contribution in [0.3, 0.4) is 0 Å². The summed E-state index contributed by atoms with van der Waals surface area (Å²) in [6.45, 7) is 6.37.